The number of hydrogen-bond donors (Lipinski definition) is 1. The molecule has 0 saturated carbocycles. The number of hydrogen-bond acceptors (Lipinski definition) is 3. The fourth-order valence-corrected chi connectivity index (χ4v) is 2.49. The van der Waals surface area contributed by atoms with Crippen molar-refractivity contribution in [1.82, 2.24) is 4.98 Å². The van der Waals surface area contributed by atoms with Crippen LogP contribution in [0.5, 0.6) is 0 Å². The van der Waals surface area contributed by atoms with Gasteiger partial charge >= 0.3 is 0 Å². The van der Waals surface area contributed by atoms with Gasteiger partial charge in [-0.15, -0.1) is 0 Å². The number of anilines is 2. The molecule has 0 amide bonds. The molecule has 2 aromatic carbocycles. The van der Waals surface area contributed by atoms with Crippen molar-refractivity contribution in [3.05, 3.63) is 65.1 Å². The zero-order chi connectivity index (χ0) is 16.4. The Morgan fingerprint density at radius 1 is 1.22 bits per heavy atom. The average Bonchev–Trinajstić information content (AvgIpc) is 2.58. The minimum atomic E-state index is -0.277. The molecule has 0 bridgehead atoms. The molecule has 0 aliphatic heterocycles. The summed E-state index contributed by atoms with van der Waals surface area (Å²) in [6.45, 7) is 3.79. The first-order valence-corrected chi connectivity index (χ1v) is 7.47. The summed E-state index contributed by atoms with van der Waals surface area (Å²) in [6, 6.07) is 13.1. The van der Waals surface area contributed by atoms with E-state index in [0.717, 1.165) is 22.9 Å². The molecule has 23 heavy (non-hydrogen) atoms. The minimum absolute atomic E-state index is 0.277. The van der Waals surface area contributed by atoms with E-state index in [1.54, 1.807) is 25.3 Å². The van der Waals surface area contributed by atoms with E-state index < -0.39 is 0 Å². The lowest BCUT2D eigenvalue weighted by Gasteiger charge is -2.13. The van der Waals surface area contributed by atoms with Crippen molar-refractivity contribution in [3.63, 3.8) is 0 Å². The smallest absolute Gasteiger partial charge is 0.128 e. The summed E-state index contributed by atoms with van der Waals surface area (Å²) in [5.41, 5.74) is 4.26. The Bertz CT molecular complexity index is 926. The van der Waals surface area contributed by atoms with E-state index >= 15 is 0 Å². The third-order valence-corrected chi connectivity index (χ3v) is 3.90. The fraction of sp³-hybridized carbons (Fsp3) is 0.158. The zero-order valence-electron chi connectivity index (χ0n) is 13.0. The van der Waals surface area contributed by atoms with E-state index in [1.165, 1.54) is 6.07 Å². The molecule has 1 aromatic heterocycles. The van der Waals surface area contributed by atoms with E-state index in [2.05, 4.69) is 23.3 Å². The molecule has 0 radical (unpaired) electrons. The number of nitriles is 1. The zero-order valence-corrected chi connectivity index (χ0v) is 13.0. The number of nitrogens with one attached hydrogen (secondary N) is 1. The van der Waals surface area contributed by atoms with Crippen molar-refractivity contribution in [2.75, 3.05) is 5.32 Å². The van der Waals surface area contributed by atoms with Crippen molar-refractivity contribution < 1.29 is 4.39 Å². The molecule has 0 unspecified atom stereocenters. The van der Waals surface area contributed by atoms with Crippen LogP contribution >= 0.6 is 0 Å². The van der Waals surface area contributed by atoms with Crippen LogP contribution < -0.4 is 5.32 Å². The van der Waals surface area contributed by atoms with Crippen molar-refractivity contribution in [2.24, 2.45) is 0 Å². The lowest BCUT2D eigenvalue weighted by atomic mass is 10.0. The second-order valence-electron chi connectivity index (χ2n) is 5.45. The Kier molecular flexibility index (Phi) is 3.94. The summed E-state index contributed by atoms with van der Waals surface area (Å²) in [5.74, 6) is -0.277. The SMILES string of the molecule is CCc1ccc2ncc(C#N)c(Nc3ccc(C)c(F)c3)c2c1. The Morgan fingerprint density at radius 3 is 2.74 bits per heavy atom. The van der Waals surface area contributed by atoms with Crippen LogP contribution in [0.1, 0.15) is 23.6 Å². The number of benzene rings is 2. The van der Waals surface area contributed by atoms with Gasteiger partial charge in [0.1, 0.15) is 11.9 Å². The average molecular weight is 305 g/mol. The van der Waals surface area contributed by atoms with Crippen LogP contribution in [0.2, 0.25) is 0 Å². The molecular formula is C19H16FN3. The monoisotopic (exact) mass is 305 g/mol. The van der Waals surface area contributed by atoms with E-state index in [1.807, 2.05) is 18.2 Å². The topological polar surface area (TPSA) is 48.7 Å². The number of rotatable bonds is 3. The van der Waals surface area contributed by atoms with Gasteiger partial charge in [-0.1, -0.05) is 19.1 Å². The number of aromatic nitrogens is 1. The van der Waals surface area contributed by atoms with Gasteiger partial charge < -0.3 is 5.32 Å². The van der Waals surface area contributed by atoms with E-state index in [9.17, 15) is 9.65 Å². The van der Waals surface area contributed by atoms with Crippen LogP contribution in [0.25, 0.3) is 10.9 Å². The molecule has 1 N–H and O–H groups in total. The molecule has 0 spiro atoms. The fourth-order valence-electron chi connectivity index (χ4n) is 2.49. The van der Waals surface area contributed by atoms with Gasteiger partial charge in [-0.2, -0.15) is 5.26 Å². The van der Waals surface area contributed by atoms with Gasteiger partial charge in [0.15, 0.2) is 0 Å². The highest BCUT2D eigenvalue weighted by Gasteiger charge is 2.10. The molecular weight excluding hydrogens is 289 g/mol. The van der Waals surface area contributed by atoms with Gasteiger partial charge in [0.25, 0.3) is 0 Å². The highest BCUT2D eigenvalue weighted by Crippen LogP contribution is 2.30. The number of aryl methyl sites for hydroxylation is 2. The molecule has 0 saturated heterocycles. The van der Waals surface area contributed by atoms with E-state index in [-0.39, 0.29) is 5.82 Å². The quantitative estimate of drug-likeness (QED) is 0.751. The molecule has 3 nitrogen and oxygen atoms in total. The minimum Gasteiger partial charge on any atom is -0.354 e. The van der Waals surface area contributed by atoms with Gasteiger partial charge in [-0.25, -0.2) is 4.39 Å². The van der Waals surface area contributed by atoms with Crippen LogP contribution in [0.4, 0.5) is 15.8 Å². The van der Waals surface area contributed by atoms with Crippen molar-refractivity contribution in [3.8, 4) is 6.07 Å². The van der Waals surface area contributed by atoms with Crippen molar-refractivity contribution >= 4 is 22.3 Å². The van der Waals surface area contributed by atoms with Gasteiger partial charge in [0.05, 0.1) is 16.8 Å². The van der Waals surface area contributed by atoms with Gasteiger partial charge in [-0.3, -0.25) is 4.98 Å². The first kappa shape index (κ1) is 15.0. The Morgan fingerprint density at radius 2 is 2.04 bits per heavy atom. The summed E-state index contributed by atoms with van der Waals surface area (Å²) < 4.78 is 13.8. The van der Waals surface area contributed by atoms with E-state index in [0.29, 0.717) is 22.5 Å². The van der Waals surface area contributed by atoms with E-state index in [4.69, 9.17) is 0 Å². The van der Waals surface area contributed by atoms with Crippen molar-refractivity contribution in [2.45, 2.75) is 20.3 Å². The van der Waals surface area contributed by atoms with Crippen LogP contribution in [-0.2, 0) is 6.42 Å². The highest BCUT2D eigenvalue weighted by atomic mass is 19.1. The molecule has 0 aliphatic rings. The predicted molar refractivity (Wildman–Crippen MR) is 90.3 cm³/mol. The molecule has 0 aliphatic carbocycles. The number of fused-ring (bicyclic) bond motifs is 1. The molecule has 3 aromatic rings. The number of pyridine rings is 1. The first-order chi connectivity index (χ1) is 11.1. The Hall–Kier alpha value is -2.93. The maximum absolute atomic E-state index is 13.8. The molecule has 0 atom stereocenters. The van der Waals surface area contributed by atoms with Crippen LogP contribution in [-0.4, -0.2) is 4.98 Å². The normalized spacial score (nSPS) is 10.5. The molecule has 114 valence electrons. The third kappa shape index (κ3) is 2.86. The summed E-state index contributed by atoms with van der Waals surface area (Å²) in [6.07, 6.45) is 2.44. The number of nitrogens with zero attached hydrogens (tertiary/aromatic N) is 2. The second kappa shape index (κ2) is 6.05. The van der Waals surface area contributed by atoms with Gasteiger partial charge in [0.2, 0.25) is 0 Å². The summed E-state index contributed by atoms with van der Waals surface area (Å²) in [5, 5.41) is 13.4. The summed E-state index contributed by atoms with van der Waals surface area (Å²) in [4.78, 5) is 4.32. The summed E-state index contributed by atoms with van der Waals surface area (Å²) in [7, 11) is 0. The maximum Gasteiger partial charge on any atom is 0.128 e. The predicted octanol–water partition coefficient (Wildman–Crippen LogP) is 4.86. The van der Waals surface area contributed by atoms with Crippen LogP contribution in [0.15, 0.2) is 42.6 Å². The van der Waals surface area contributed by atoms with Crippen LogP contribution in [0, 0.1) is 24.1 Å². The highest BCUT2D eigenvalue weighted by molar-refractivity contribution is 5.96. The molecule has 0 fully saturated rings. The lowest BCUT2D eigenvalue weighted by molar-refractivity contribution is 0.619. The molecule has 3 rings (SSSR count). The Balaban J connectivity index is 2.17. The van der Waals surface area contributed by atoms with Crippen molar-refractivity contribution in [1.29, 1.82) is 5.26 Å². The second-order valence-corrected chi connectivity index (χ2v) is 5.45. The molecule has 4 heteroatoms. The lowest BCUT2D eigenvalue weighted by Crippen LogP contribution is -1.98. The third-order valence-electron chi connectivity index (χ3n) is 3.90. The standard InChI is InChI=1S/C19H16FN3/c1-3-13-5-7-18-16(8-13)19(14(10-21)11-22-18)23-15-6-4-12(2)17(20)9-15/h4-9,11H,3H2,1-2H3,(H,22,23). The molecule has 1 heterocycles. The van der Waals surface area contributed by atoms with Gasteiger partial charge in [-0.05, 0) is 48.7 Å². The summed E-state index contributed by atoms with van der Waals surface area (Å²) >= 11 is 0. The van der Waals surface area contributed by atoms with Crippen LogP contribution in [0.3, 0.4) is 0 Å². The number of halogens is 1. The largest absolute Gasteiger partial charge is 0.354 e. The maximum atomic E-state index is 13.8. The Labute approximate surface area is 134 Å². The first-order valence-electron chi connectivity index (χ1n) is 7.47. The van der Waals surface area contributed by atoms with Gasteiger partial charge in [0, 0.05) is 17.3 Å².